The molecule has 78 valence electrons. The summed E-state index contributed by atoms with van der Waals surface area (Å²) >= 11 is 5.90. The molecule has 2 nitrogen and oxygen atoms in total. The minimum Gasteiger partial charge on any atom is -0.296 e. The summed E-state index contributed by atoms with van der Waals surface area (Å²) in [5.41, 5.74) is 1.24. The van der Waals surface area contributed by atoms with Gasteiger partial charge in [0.05, 0.1) is 0 Å². The molecule has 0 amide bonds. The molecule has 0 spiro atoms. The quantitative estimate of drug-likeness (QED) is 0.714. The fourth-order valence-corrected chi connectivity index (χ4v) is 1.29. The highest BCUT2D eigenvalue weighted by atomic mass is 35.5. The maximum Gasteiger partial charge on any atom is 0.0402 e. The second-order valence-electron chi connectivity index (χ2n) is 4.16. The smallest absolute Gasteiger partial charge is 0.0402 e. The van der Waals surface area contributed by atoms with Crippen LogP contribution in [0.5, 0.6) is 0 Å². The summed E-state index contributed by atoms with van der Waals surface area (Å²) in [7, 11) is 2.08. The SMILES string of the molecule is CN(Cc1cccnc1)C(C)(C)CCl. The van der Waals surface area contributed by atoms with Crippen molar-refractivity contribution >= 4 is 11.6 Å². The van der Waals surface area contributed by atoms with Crippen molar-refractivity contribution in [1.82, 2.24) is 9.88 Å². The third-order valence-corrected chi connectivity index (χ3v) is 3.16. The minimum atomic E-state index is 0.0252. The van der Waals surface area contributed by atoms with Gasteiger partial charge in [0.1, 0.15) is 0 Å². The standard InChI is InChI=1S/C11H17ClN2/c1-11(2,9-12)14(3)8-10-5-4-6-13-7-10/h4-7H,8-9H2,1-3H3. The average molecular weight is 213 g/mol. The van der Waals surface area contributed by atoms with Crippen molar-refractivity contribution in [3.63, 3.8) is 0 Å². The Balaban J connectivity index is 2.62. The van der Waals surface area contributed by atoms with Crippen LogP contribution in [0.4, 0.5) is 0 Å². The lowest BCUT2D eigenvalue weighted by Gasteiger charge is -2.33. The Labute approximate surface area is 90.9 Å². The Hall–Kier alpha value is -0.600. The monoisotopic (exact) mass is 212 g/mol. The van der Waals surface area contributed by atoms with E-state index in [0.29, 0.717) is 5.88 Å². The zero-order valence-corrected chi connectivity index (χ0v) is 9.75. The van der Waals surface area contributed by atoms with Crippen molar-refractivity contribution in [1.29, 1.82) is 0 Å². The van der Waals surface area contributed by atoms with Crippen LogP contribution in [-0.4, -0.2) is 28.4 Å². The second kappa shape index (κ2) is 4.76. The molecule has 1 heterocycles. The van der Waals surface area contributed by atoms with Crippen molar-refractivity contribution < 1.29 is 0 Å². The number of rotatable bonds is 4. The van der Waals surface area contributed by atoms with Crippen molar-refractivity contribution in [2.45, 2.75) is 25.9 Å². The first-order chi connectivity index (χ1) is 6.56. The number of halogens is 1. The summed E-state index contributed by atoms with van der Waals surface area (Å²) in [6, 6.07) is 4.03. The van der Waals surface area contributed by atoms with Crippen LogP contribution < -0.4 is 0 Å². The molecular weight excluding hydrogens is 196 g/mol. The molecule has 0 radical (unpaired) electrons. The lowest BCUT2D eigenvalue weighted by Crippen LogP contribution is -2.42. The summed E-state index contributed by atoms with van der Waals surface area (Å²) in [6.45, 7) is 5.15. The van der Waals surface area contributed by atoms with Gasteiger partial charge < -0.3 is 0 Å². The molecule has 0 fully saturated rings. The lowest BCUT2D eigenvalue weighted by atomic mass is 10.1. The van der Waals surface area contributed by atoms with Gasteiger partial charge >= 0.3 is 0 Å². The molecule has 1 aromatic heterocycles. The molecular formula is C11H17ClN2. The third kappa shape index (κ3) is 2.96. The zero-order chi connectivity index (χ0) is 10.6. The fraction of sp³-hybridized carbons (Fsp3) is 0.545. The molecule has 0 aromatic carbocycles. The van der Waals surface area contributed by atoms with E-state index >= 15 is 0 Å². The van der Waals surface area contributed by atoms with Gasteiger partial charge in [0.25, 0.3) is 0 Å². The predicted octanol–water partition coefficient (Wildman–Crippen LogP) is 2.53. The van der Waals surface area contributed by atoms with Crippen molar-refractivity contribution in [2.75, 3.05) is 12.9 Å². The molecule has 1 aromatic rings. The molecule has 0 saturated heterocycles. The van der Waals surface area contributed by atoms with Crippen LogP contribution in [0, 0.1) is 0 Å². The maximum absolute atomic E-state index is 5.90. The van der Waals surface area contributed by atoms with Crippen molar-refractivity contribution in [3.8, 4) is 0 Å². The molecule has 0 unspecified atom stereocenters. The van der Waals surface area contributed by atoms with Crippen LogP contribution in [0.15, 0.2) is 24.5 Å². The summed E-state index contributed by atoms with van der Waals surface area (Å²) in [5, 5.41) is 0. The number of pyridine rings is 1. The van der Waals surface area contributed by atoms with E-state index in [0.717, 1.165) is 6.54 Å². The first kappa shape index (κ1) is 11.5. The molecule has 3 heteroatoms. The summed E-state index contributed by atoms with van der Waals surface area (Å²) < 4.78 is 0. The van der Waals surface area contributed by atoms with E-state index in [-0.39, 0.29) is 5.54 Å². The van der Waals surface area contributed by atoms with Gasteiger partial charge in [-0.2, -0.15) is 0 Å². The molecule has 0 N–H and O–H groups in total. The third-order valence-electron chi connectivity index (χ3n) is 2.50. The molecule has 0 aliphatic rings. The Morgan fingerprint density at radius 3 is 2.71 bits per heavy atom. The lowest BCUT2D eigenvalue weighted by molar-refractivity contribution is 0.170. The Kier molecular flexibility index (Phi) is 3.90. The van der Waals surface area contributed by atoms with Crippen LogP contribution in [0.2, 0.25) is 0 Å². The summed E-state index contributed by atoms with van der Waals surface area (Å²) in [4.78, 5) is 6.32. The Morgan fingerprint density at radius 1 is 1.50 bits per heavy atom. The van der Waals surface area contributed by atoms with Gasteiger partial charge in [-0.25, -0.2) is 0 Å². The first-order valence-corrected chi connectivity index (χ1v) is 5.26. The Morgan fingerprint density at radius 2 is 2.21 bits per heavy atom. The van der Waals surface area contributed by atoms with Gasteiger partial charge in [0, 0.05) is 30.4 Å². The average Bonchev–Trinajstić information content (AvgIpc) is 2.19. The highest BCUT2D eigenvalue weighted by molar-refractivity contribution is 6.18. The molecule has 14 heavy (non-hydrogen) atoms. The van der Waals surface area contributed by atoms with E-state index in [1.165, 1.54) is 5.56 Å². The van der Waals surface area contributed by atoms with Crippen LogP contribution in [0.25, 0.3) is 0 Å². The summed E-state index contributed by atoms with van der Waals surface area (Å²) in [6.07, 6.45) is 3.68. The van der Waals surface area contributed by atoms with E-state index in [2.05, 4.69) is 36.8 Å². The van der Waals surface area contributed by atoms with Gasteiger partial charge in [-0.05, 0) is 32.5 Å². The molecule has 0 bridgehead atoms. The highest BCUT2D eigenvalue weighted by Gasteiger charge is 2.21. The number of aromatic nitrogens is 1. The molecule has 0 aliphatic heterocycles. The van der Waals surface area contributed by atoms with E-state index in [9.17, 15) is 0 Å². The van der Waals surface area contributed by atoms with E-state index in [1.807, 2.05) is 12.3 Å². The van der Waals surface area contributed by atoms with Crippen LogP contribution in [0.3, 0.4) is 0 Å². The van der Waals surface area contributed by atoms with Gasteiger partial charge in [0.2, 0.25) is 0 Å². The van der Waals surface area contributed by atoms with Gasteiger partial charge in [-0.1, -0.05) is 6.07 Å². The molecule has 0 aliphatic carbocycles. The van der Waals surface area contributed by atoms with Crippen molar-refractivity contribution in [2.24, 2.45) is 0 Å². The highest BCUT2D eigenvalue weighted by Crippen LogP contribution is 2.16. The number of nitrogens with zero attached hydrogens (tertiary/aromatic N) is 2. The van der Waals surface area contributed by atoms with E-state index < -0.39 is 0 Å². The predicted molar refractivity (Wildman–Crippen MR) is 60.5 cm³/mol. The van der Waals surface area contributed by atoms with Crippen LogP contribution in [-0.2, 0) is 6.54 Å². The largest absolute Gasteiger partial charge is 0.296 e. The van der Waals surface area contributed by atoms with E-state index in [4.69, 9.17) is 11.6 Å². The Bertz CT molecular complexity index is 272. The zero-order valence-electron chi connectivity index (χ0n) is 9.00. The first-order valence-electron chi connectivity index (χ1n) is 4.72. The fourth-order valence-electron chi connectivity index (χ4n) is 1.08. The summed E-state index contributed by atoms with van der Waals surface area (Å²) in [5.74, 6) is 0.629. The molecule has 0 atom stereocenters. The van der Waals surface area contributed by atoms with Crippen molar-refractivity contribution in [3.05, 3.63) is 30.1 Å². The maximum atomic E-state index is 5.90. The van der Waals surface area contributed by atoms with Crippen LogP contribution in [0.1, 0.15) is 19.4 Å². The molecule has 1 rings (SSSR count). The van der Waals surface area contributed by atoms with Gasteiger partial charge in [0.15, 0.2) is 0 Å². The van der Waals surface area contributed by atoms with Gasteiger partial charge in [-0.15, -0.1) is 11.6 Å². The number of hydrogen-bond donors (Lipinski definition) is 0. The minimum absolute atomic E-state index is 0.0252. The second-order valence-corrected chi connectivity index (χ2v) is 4.43. The van der Waals surface area contributed by atoms with Crippen LogP contribution >= 0.6 is 11.6 Å². The topological polar surface area (TPSA) is 16.1 Å². The van der Waals surface area contributed by atoms with Gasteiger partial charge in [-0.3, -0.25) is 9.88 Å². The van der Waals surface area contributed by atoms with E-state index in [1.54, 1.807) is 6.20 Å². The normalized spacial score (nSPS) is 12.1. The number of alkyl halides is 1. The molecule has 0 saturated carbocycles. The number of hydrogen-bond acceptors (Lipinski definition) is 2.